The molecule has 0 saturated heterocycles. The molecule has 0 aliphatic heterocycles. The molecule has 2 N–H and O–H groups in total. The fourth-order valence-electron chi connectivity index (χ4n) is 2.75. The van der Waals surface area contributed by atoms with Crippen LogP contribution in [0.2, 0.25) is 0 Å². The molecule has 2 atom stereocenters. The average molecular weight is 302 g/mol. The lowest BCUT2D eigenvalue weighted by Crippen LogP contribution is -2.24. The summed E-state index contributed by atoms with van der Waals surface area (Å²) in [5.41, 5.74) is 3.00. The number of hydrogen-bond acceptors (Lipinski definition) is 4. The van der Waals surface area contributed by atoms with E-state index in [1.807, 2.05) is 18.2 Å². The maximum absolute atomic E-state index is 12.5. The Balaban J connectivity index is 1.77. The topological polar surface area (TPSA) is 62.2 Å². The van der Waals surface area contributed by atoms with Crippen LogP contribution in [0.25, 0.3) is 0 Å². The number of aliphatic hydroxyl groups excluding tert-OH is 1. The highest BCUT2D eigenvalue weighted by Crippen LogP contribution is 2.32. The van der Waals surface area contributed by atoms with Crippen molar-refractivity contribution in [3.05, 3.63) is 46.5 Å². The molecule has 1 heterocycles. The van der Waals surface area contributed by atoms with Crippen LogP contribution >= 0.6 is 11.3 Å². The quantitative estimate of drug-likeness (QED) is 0.915. The number of thiazole rings is 1. The highest BCUT2D eigenvalue weighted by Gasteiger charge is 2.26. The van der Waals surface area contributed by atoms with Crippen LogP contribution in [0.4, 0.5) is 5.13 Å². The molecule has 0 fully saturated rings. The molecule has 21 heavy (non-hydrogen) atoms. The Labute approximate surface area is 127 Å². The smallest absolute Gasteiger partial charge is 0.233 e. The Morgan fingerprint density at radius 1 is 1.48 bits per heavy atom. The summed E-state index contributed by atoms with van der Waals surface area (Å²) in [6.45, 7) is 1.66. The van der Waals surface area contributed by atoms with Gasteiger partial charge >= 0.3 is 0 Å². The van der Waals surface area contributed by atoms with Gasteiger partial charge in [0.15, 0.2) is 5.13 Å². The molecule has 1 aliphatic carbocycles. The summed E-state index contributed by atoms with van der Waals surface area (Å²) >= 11 is 1.35. The number of carbonyl (C=O) groups excluding carboxylic acids is 1. The predicted octanol–water partition coefficient (Wildman–Crippen LogP) is 3.26. The molecular formula is C16H18N2O2S. The molecule has 1 aromatic heterocycles. The van der Waals surface area contributed by atoms with Gasteiger partial charge in [0, 0.05) is 5.38 Å². The van der Waals surface area contributed by atoms with Gasteiger partial charge in [-0.1, -0.05) is 24.3 Å². The first kappa shape index (κ1) is 14.2. The second-order valence-electron chi connectivity index (χ2n) is 5.39. The van der Waals surface area contributed by atoms with E-state index in [4.69, 9.17) is 0 Å². The Bertz CT molecular complexity index is 651. The number of anilines is 1. The van der Waals surface area contributed by atoms with Gasteiger partial charge in [0.1, 0.15) is 0 Å². The van der Waals surface area contributed by atoms with Gasteiger partial charge in [-0.05, 0) is 37.3 Å². The van der Waals surface area contributed by atoms with E-state index in [-0.39, 0.29) is 11.8 Å². The van der Waals surface area contributed by atoms with E-state index in [0.717, 1.165) is 24.8 Å². The van der Waals surface area contributed by atoms with Crippen LogP contribution in [-0.2, 0) is 11.2 Å². The van der Waals surface area contributed by atoms with Crippen LogP contribution in [0, 0.1) is 0 Å². The Kier molecular flexibility index (Phi) is 4.03. The van der Waals surface area contributed by atoms with Crippen LogP contribution in [0.15, 0.2) is 29.6 Å². The molecule has 5 heteroatoms. The van der Waals surface area contributed by atoms with E-state index < -0.39 is 6.10 Å². The molecule has 0 bridgehead atoms. The van der Waals surface area contributed by atoms with Gasteiger partial charge in [0.2, 0.25) is 5.91 Å². The maximum atomic E-state index is 12.5. The molecule has 1 aliphatic rings. The molecule has 0 saturated carbocycles. The number of hydrogen-bond donors (Lipinski definition) is 2. The van der Waals surface area contributed by atoms with Crippen molar-refractivity contribution < 1.29 is 9.90 Å². The number of carbonyl (C=O) groups is 1. The second kappa shape index (κ2) is 5.95. The third-order valence-corrected chi connectivity index (χ3v) is 4.64. The number of nitrogens with zero attached hydrogens (tertiary/aromatic N) is 1. The number of amides is 1. The van der Waals surface area contributed by atoms with Crippen molar-refractivity contribution >= 4 is 22.4 Å². The minimum absolute atomic E-state index is 0.00589. The van der Waals surface area contributed by atoms with E-state index in [9.17, 15) is 9.90 Å². The summed E-state index contributed by atoms with van der Waals surface area (Å²) in [5, 5.41) is 14.7. The van der Waals surface area contributed by atoms with Crippen LogP contribution < -0.4 is 5.32 Å². The Morgan fingerprint density at radius 3 is 3.05 bits per heavy atom. The SMILES string of the molecule is CC(O)c1csc(NC(=O)C2CCCc3ccccc32)n1. The molecule has 1 amide bonds. The van der Waals surface area contributed by atoms with Crippen molar-refractivity contribution in [2.24, 2.45) is 0 Å². The number of benzene rings is 1. The van der Waals surface area contributed by atoms with Gasteiger partial charge in [-0.3, -0.25) is 4.79 Å². The zero-order valence-corrected chi connectivity index (χ0v) is 12.7. The summed E-state index contributed by atoms with van der Waals surface area (Å²) in [4.78, 5) is 16.7. The zero-order valence-electron chi connectivity index (χ0n) is 11.9. The summed E-state index contributed by atoms with van der Waals surface area (Å²) in [6, 6.07) is 8.15. The van der Waals surface area contributed by atoms with Crippen LogP contribution in [0.3, 0.4) is 0 Å². The van der Waals surface area contributed by atoms with E-state index in [0.29, 0.717) is 10.8 Å². The number of fused-ring (bicyclic) bond motifs is 1. The van der Waals surface area contributed by atoms with Crippen molar-refractivity contribution in [1.82, 2.24) is 4.98 Å². The first-order valence-electron chi connectivity index (χ1n) is 7.17. The molecule has 3 rings (SSSR count). The van der Waals surface area contributed by atoms with Gasteiger partial charge in [-0.15, -0.1) is 11.3 Å². The zero-order chi connectivity index (χ0) is 14.8. The summed E-state index contributed by atoms with van der Waals surface area (Å²) in [5.74, 6) is -0.109. The summed E-state index contributed by atoms with van der Waals surface area (Å²) in [6.07, 6.45) is 2.34. The molecule has 2 unspecified atom stereocenters. The third kappa shape index (κ3) is 2.99. The lowest BCUT2D eigenvalue weighted by atomic mass is 9.82. The number of rotatable bonds is 3. The molecule has 0 spiro atoms. The van der Waals surface area contributed by atoms with E-state index >= 15 is 0 Å². The van der Waals surface area contributed by atoms with Crippen molar-refractivity contribution in [2.45, 2.75) is 38.2 Å². The molecule has 110 valence electrons. The normalized spacial score (nSPS) is 18.9. The molecular weight excluding hydrogens is 284 g/mol. The number of nitrogens with one attached hydrogen (secondary N) is 1. The summed E-state index contributed by atoms with van der Waals surface area (Å²) < 4.78 is 0. The van der Waals surface area contributed by atoms with Crippen LogP contribution in [-0.4, -0.2) is 16.0 Å². The average Bonchev–Trinajstić information content (AvgIpc) is 2.95. The number of aryl methyl sites for hydroxylation is 1. The fraction of sp³-hybridized carbons (Fsp3) is 0.375. The van der Waals surface area contributed by atoms with Gasteiger partial charge < -0.3 is 10.4 Å². The van der Waals surface area contributed by atoms with Gasteiger partial charge in [0.25, 0.3) is 0 Å². The van der Waals surface area contributed by atoms with E-state index in [2.05, 4.69) is 16.4 Å². The minimum Gasteiger partial charge on any atom is -0.387 e. The van der Waals surface area contributed by atoms with Gasteiger partial charge in [0.05, 0.1) is 17.7 Å². The first-order chi connectivity index (χ1) is 10.1. The monoisotopic (exact) mass is 302 g/mol. The highest BCUT2D eigenvalue weighted by molar-refractivity contribution is 7.13. The maximum Gasteiger partial charge on any atom is 0.233 e. The van der Waals surface area contributed by atoms with Crippen LogP contribution in [0.1, 0.15) is 48.6 Å². The minimum atomic E-state index is -0.609. The second-order valence-corrected chi connectivity index (χ2v) is 6.24. The van der Waals surface area contributed by atoms with E-state index in [1.165, 1.54) is 16.9 Å². The third-order valence-electron chi connectivity index (χ3n) is 3.87. The molecule has 2 aromatic rings. The predicted molar refractivity (Wildman–Crippen MR) is 83.5 cm³/mol. The van der Waals surface area contributed by atoms with Crippen molar-refractivity contribution in [2.75, 3.05) is 5.32 Å². The van der Waals surface area contributed by atoms with Crippen molar-refractivity contribution in [3.63, 3.8) is 0 Å². The van der Waals surface area contributed by atoms with Gasteiger partial charge in [-0.25, -0.2) is 4.98 Å². The lowest BCUT2D eigenvalue weighted by Gasteiger charge is -2.24. The van der Waals surface area contributed by atoms with Crippen LogP contribution in [0.5, 0.6) is 0 Å². The number of aliphatic hydroxyl groups is 1. The largest absolute Gasteiger partial charge is 0.387 e. The molecule has 1 aromatic carbocycles. The lowest BCUT2D eigenvalue weighted by molar-refractivity contribution is -0.117. The fourth-order valence-corrected chi connectivity index (χ4v) is 3.55. The molecule has 4 nitrogen and oxygen atoms in total. The van der Waals surface area contributed by atoms with Crippen molar-refractivity contribution in [3.8, 4) is 0 Å². The van der Waals surface area contributed by atoms with Crippen molar-refractivity contribution in [1.29, 1.82) is 0 Å². The Morgan fingerprint density at radius 2 is 2.29 bits per heavy atom. The standard InChI is InChI=1S/C16H18N2O2S/c1-10(19)14-9-21-16(17-14)18-15(20)13-8-4-6-11-5-2-3-7-12(11)13/h2-3,5,7,9-10,13,19H,4,6,8H2,1H3,(H,17,18,20). The Hall–Kier alpha value is -1.72. The first-order valence-corrected chi connectivity index (χ1v) is 8.05. The summed E-state index contributed by atoms with van der Waals surface area (Å²) in [7, 11) is 0. The number of aromatic nitrogens is 1. The molecule has 0 radical (unpaired) electrons. The highest BCUT2D eigenvalue weighted by atomic mass is 32.1. The van der Waals surface area contributed by atoms with Gasteiger partial charge in [-0.2, -0.15) is 0 Å². The van der Waals surface area contributed by atoms with E-state index in [1.54, 1.807) is 12.3 Å².